The standard InChI is InChI=1S/C19H23N3O3/c1-4-5-9-21-18(23)14-8-10-20-16(12-14)19(24)22-15-11-13(2)6-7-17(15)25-3/h6-8,10-12H,4-5,9H2,1-3H3,(H,21,23)(H,22,24). The molecule has 0 aliphatic carbocycles. The van der Waals surface area contributed by atoms with E-state index in [1.807, 2.05) is 19.1 Å². The molecule has 0 aliphatic rings. The summed E-state index contributed by atoms with van der Waals surface area (Å²) in [4.78, 5) is 28.6. The number of carbonyl (C=O) groups excluding carboxylic acids is 2. The van der Waals surface area contributed by atoms with Crippen molar-refractivity contribution in [3.63, 3.8) is 0 Å². The SMILES string of the molecule is CCCCNC(=O)c1ccnc(C(=O)Nc2cc(C)ccc2OC)c1. The van der Waals surface area contributed by atoms with Crippen LogP contribution in [0.5, 0.6) is 5.75 Å². The van der Waals surface area contributed by atoms with Crippen molar-refractivity contribution in [1.82, 2.24) is 10.3 Å². The number of unbranched alkanes of at least 4 members (excludes halogenated alkanes) is 1. The van der Waals surface area contributed by atoms with E-state index in [9.17, 15) is 9.59 Å². The third-order valence-electron chi connectivity index (χ3n) is 3.67. The number of pyridine rings is 1. The highest BCUT2D eigenvalue weighted by molar-refractivity contribution is 6.05. The highest BCUT2D eigenvalue weighted by atomic mass is 16.5. The third kappa shape index (κ3) is 5.04. The minimum Gasteiger partial charge on any atom is -0.495 e. The Balaban J connectivity index is 2.13. The second kappa shape index (κ2) is 8.82. The molecule has 1 aromatic heterocycles. The Bertz CT molecular complexity index is 759. The van der Waals surface area contributed by atoms with Crippen LogP contribution >= 0.6 is 0 Å². The van der Waals surface area contributed by atoms with E-state index >= 15 is 0 Å². The summed E-state index contributed by atoms with van der Waals surface area (Å²) in [6.07, 6.45) is 3.37. The topological polar surface area (TPSA) is 80.3 Å². The minimum absolute atomic E-state index is 0.173. The van der Waals surface area contributed by atoms with Gasteiger partial charge in [0.1, 0.15) is 11.4 Å². The molecule has 1 heterocycles. The first-order valence-electron chi connectivity index (χ1n) is 8.25. The fourth-order valence-corrected chi connectivity index (χ4v) is 2.28. The van der Waals surface area contributed by atoms with E-state index in [-0.39, 0.29) is 11.6 Å². The van der Waals surface area contributed by atoms with Crippen LogP contribution in [0.2, 0.25) is 0 Å². The second-order valence-corrected chi connectivity index (χ2v) is 5.70. The fourth-order valence-electron chi connectivity index (χ4n) is 2.28. The van der Waals surface area contributed by atoms with Gasteiger partial charge in [-0.1, -0.05) is 19.4 Å². The molecule has 1 aromatic carbocycles. The number of anilines is 1. The van der Waals surface area contributed by atoms with Gasteiger partial charge in [-0.05, 0) is 43.2 Å². The predicted molar refractivity (Wildman–Crippen MR) is 97.2 cm³/mol. The minimum atomic E-state index is -0.396. The molecular weight excluding hydrogens is 318 g/mol. The molecule has 2 amide bonds. The summed E-state index contributed by atoms with van der Waals surface area (Å²) in [6, 6.07) is 8.58. The Kier molecular flexibility index (Phi) is 6.51. The number of aryl methyl sites for hydroxylation is 1. The molecule has 0 atom stereocenters. The van der Waals surface area contributed by atoms with Gasteiger partial charge in [0.05, 0.1) is 12.8 Å². The first kappa shape index (κ1) is 18.4. The average molecular weight is 341 g/mol. The van der Waals surface area contributed by atoms with Gasteiger partial charge in [-0.15, -0.1) is 0 Å². The molecule has 132 valence electrons. The Morgan fingerprint density at radius 3 is 2.68 bits per heavy atom. The third-order valence-corrected chi connectivity index (χ3v) is 3.67. The Morgan fingerprint density at radius 1 is 1.16 bits per heavy atom. The maximum atomic E-state index is 12.5. The average Bonchev–Trinajstić information content (AvgIpc) is 2.62. The van der Waals surface area contributed by atoms with Crippen LogP contribution in [-0.2, 0) is 0 Å². The van der Waals surface area contributed by atoms with Gasteiger partial charge >= 0.3 is 0 Å². The van der Waals surface area contributed by atoms with Crippen LogP contribution in [0.15, 0.2) is 36.5 Å². The summed E-state index contributed by atoms with van der Waals surface area (Å²) >= 11 is 0. The highest BCUT2D eigenvalue weighted by Crippen LogP contribution is 2.25. The summed E-state index contributed by atoms with van der Waals surface area (Å²) < 4.78 is 5.25. The van der Waals surface area contributed by atoms with E-state index in [4.69, 9.17) is 4.74 Å². The molecule has 25 heavy (non-hydrogen) atoms. The van der Waals surface area contributed by atoms with Crippen LogP contribution < -0.4 is 15.4 Å². The number of nitrogens with zero attached hydrogens (tertiary/aromatic N) is 1. The zero-order valence-corrected chi connectivity index (χ0v) is 14.8. The van der Waals surface area contributed by atoms with Crippen molar-refractivity contribution in [2.24, 2.45) is 0 Å². The highest BCUT2D eigenvalue weighted by Gasteiger charge is 2.14. The van der Waals surface area contributed by atoms with Crippen LogP contribution in [0.1, 0.15) is 46.2 Å². The van der Waals surface area contributed by atoms with E-state index in [0.717, 1.165) is 18.4 Å². The Labute approximate surface area is 147 Å². The molecule has 0 fully saturated rings. The summed E-state index contributed by atoms with van der Waals surface area (Å²) in [7, 11) is 1.54. The number of benzene rings is 1. The summed E-state index contributed by atoms with van der Waals surface area (Å²) in [6.45, 7) is 4.59. The van der Waals surface area contributed by atoms with Gasteiger partial charge in [-0.2, -0.15) is 0 Å². The van der Waals surface area contributed by atoms with Gasteiger partial charge in [0.2, 0.25) is 0 Å². The lowest BCUT2D eigenvalue weighted by atomic mass is 10.2. The molecule has 2 N–H and O–H groups in total. The molecule has 6 heteroatoms. The van der Waals surface area contributed by atoms with E-state index in [0.29, 0.717) is 23.5 Å². The lowest BCUT2D eigenvalue weighted by Gasteiger charge is -2.11. The normalized spacial score (nSPS) is 10.2. The maximum Gasteiger partial charge on any atom is 0.274 e. The van der Waals surface area contributed by atoms with Crippen LogP contribution in [0, 0.1) is 6.92 Å². The van der Waals surface area contributed by atoms with Gasteiger partial charge in [0.15, 0.2) is 0 Å². The van der Waals surface area contributed by atoms with E-state index in [1.165, 1.54) is 12.3 Å². The zero-order valence-electron chi connectivity index (χ0n) is 14.8. The number of hydrogen-bond donors (Lipinski definition) is 2. The number of rotatable bonds is 7. The molecule has 0 saturated heterocycles. The van der Waals surface area contributed by atoms with Gasteiger partial charge in [0, 0.05) is 18.3 Å². The number of nitrogens with one attached hydrogen (secondary N) is 2. The molecule has 0 unspecified atom stereocenters. The molecule has 0 radical (unpaired) electrons. The van der Waals surface area contributed by atoms with Crippen molar-refractivity contribution in [1.29, 1.82) is 0 Å². The van der Waals surface area contributed by atoms with Crippen LogP contribution in [-0.4, -0.2) is 30.5 Å². The van der Waals surface area contributed by atoms with Crippen molar-refractivity contribution < 1.29 is 14.3 Å². The van der Waals surface area contributed by atoms with Gasteiger partial charge in [0.25, 0.3) is 11.8 Å². The fraction of sp³-hybridized carbons (Fsp3) is 0.316. The molecule has 0 saturated carbocycles. The van der Waals surface area contributed by atoms with Crippen LogP contribution in [0.4, 0.5) is 5.69 Å². The second-order valence-electron chi connectivity index (χ2n) is 5.70. The van der Waals surface area contributed by atoms with E-state index < -0.39 is 5.91 Å². The smallest absolute Gasteiger partial charge is 0.274 e. The largest absolute Gasteiger partial charge is 0.495 e. The molecule has 0 aliphatic heterocycles. The summed E-state index contributed by atoms with van der Waals surface area (Å²) in [5.41, 5.74) is 2.14. The maximum absolute atomic E-state index is 12.5. The number of aromatic nitrogens is 1. The van der Waals surface area contributed by atoms with Gasteiger partial charge in [-0.3, -0.25) is 14.6 Å². The summed E-state index contributed by atoms with van der Waals surface area (Å²) in [5, 5.41) is 5.60. The van der Waals surface area contributed by atoms with Crippen LogP contribution in [0.3, 0.4) is 0 Å². The quantitative estimate of drug-likeness (QED) is 0.758. The van der Waals surface area contributed by atoms with Crippen molar-refractivity contribution in [2.75, 3.05) is 19.0 Å². The van der Waals surface area contributed by atoms with E-state index in [2.05, 4.69) is 22.5 Å². The Hall–Kier alpha value is -2.89. The zero-order chi connectivity index (χ0) is 18.2. The number of ether oxygens (including phenoxy) is 1. The predicted octanol–water partition coefficient (Wildman–Crippen LogP) is 3.18. The monoisotopic (exact) mass is 341 g/mol. The number of hydrogen-bond acceptors (Lipinski definition) is 4. The molecule has 2 rings (SSSR count). The van der Waals surface area contributed by atoms with Crippen molar-refractivity contribution in [3.05, 3.63) is 53.3 Å². The molecule has 0 bridgehead atoms. The summed E-state index contributed by atoms with van der Waals surface area (Å²) in [5.74, 6) is -0.0439. The van der Waals surface area contributed by atoms with Crippen LogP contribution in [0.25, 0.3) is 0 Å². The van der Waals surface area contributed by atoms with Crippen molar-refractivity contribution in [3.8, 4) is 5.75 Å². The van der Waals surface area contributed by atoms with Gasteiger partial charge < -0.3 is 15.4 Å². The number of amides is 2. The molecule has 0 spiro atoms. The number of carbonyl (C=O) groups is 2. The van der Waals surface area contributed by atoms with E-state index in [1.54, 1.807) is 19.2 Å². The molecule has 2 aromatic rings. The number of methoxy groups -OCH3 is 1. The Morgan fingerprint density at radius 2 is 1.96 bits per heavy atom. The first-order chi connectivity index (χ1) is 12.0. The van der Waals surface area contributed by atoms with Crippen molar-refractivity contribution in [2.45, 2.75) is 26.7 Å². The molecule has 6 nitrogen and oxygen atoms in total. The van der Waals surface area contributed by atoms with Gasteiger partial charge in [-0.25, -0.2) is 0 Å². The van der Waals surface area contributed by atoms with Crippen molar-refractivity contribution >= 4 is 17.5 Å². The first-order valence-corrected chi connectivity index (χ1v) is 8.25. The molecular formula is C19H23N3O3. The lowest BCUT2D eigenvalue weighted by Crippen LogP contribution is -2.25. The lowest BCUT2D eigenvalue weighted by molar-refractivity contribution is 0.0953.